The van der Waals surface area contributed by atoms with E-state index in [1.54, 1.807) is 0 Å². The van der Waals surface area contributed by atoms with Crippen molar-refractivity contribution in [3.05, 3.63) is 28.0 Å². The van der Waals surface area contributed by atoms with Gasteiger partial charge in [0.05, 0.1) is 5.92 Å². The van der Waals surface area contributed by atoms with E-state index in [1.807, 2.05) is 0 Å². The molecule has 1 aromatic heterocycles. The van der Waals surface area contributed by atoms with Gasteiger partial charge in [-0.15, -0.1) is 0 Å². The predicted molar refractivity (Wildman–Crippen MR) is 69.0 cm³/mol. The van der Waals surface area contributed by atoms with Gasteiger partial charge in [-0.25, -0.2) is 13.8 Å². The van der Waals surface area contributed by atoms with E-state index < -0.39 is 23.7 Å². The van der Waals surface area contributed by atoms with Crippen molar-refractivity contribution in [2.45, 2.75) is 18.8 Å². The summed E-state index contributed by atoms with van der Waals surface area (Å²) in [4.78, 5) is 14.5. The largest absolute Gasteiger partial charge is 0.481 e. The number of carboxylic acids is 1. The fourth-order valence-corrected chi connectivity index (χ4v) is 3.89. The van der Waals surface area contributed by atoms with Crippen LogP contribution in [0.3, 0.4) is 0 Å². The number of hydrogen-bond donors (Lipinski definition) is 1. The van der Waals surface area contributed by atoms with Gasteiger partial charge < -0.3 is 5.11 Å². The van der Waals surface area contributed by atoms with Crippen LogP contribution in [0.1, 0.15) is 18.4 Å². The molecule has 2 saturated carbocycles. The predicted octanol–water partition coefficient (Wildman–Crippen LogP) is 3.84. The van der Waals surface area contributed by atoms with Gasteiger partial charge in [-0.2, -0.15) is 0 Å². The Hall–Kier alpha value is -0.940. The van der Waals surface area contributed by atoms with E-state index in [0.29, 0.717) is 12.8 Å². The lowest BCUT2D eigenvalue weighted by Crippen LogP contribution is -2.22. The average molecular weight is 322 g/mol. The second-order valence-electron chi connectivity index (χ2n) is 5.48. The molecule has 3 nitrogen and oxygen atoms in total. The minimum atomic E-state index is -3.05. The standard InChI is InChI=1S/C13H11Cl2F2NO2/c14-9-3-6(4-10(15)18-9)13(16,17)11-7-1-5(12(19)20)2-8(7)11/h3-5,7-8,11H,1-2H2,(H,19,20). The molecule has 0 saturated heterocycles. The molecule has 3 rings (SSSR count). The van der Waals surface area contributed by atoms with Gasteiger partial charge in [0, 0.05) is 11.5 Å². The van der Waals surface area contributed by atoms with E-state index in [1.165, 1.54) is 0 Å². The molecule has 2 aliphatic carbocycles. The minimum Gasteiger partial charge on any atom is -0.481 e. The molecule has 108 valence electrons. The molecule has 0 bridgehead atoms. The van der Waals surface area contributed by atoms with Crippen LogP contribution in [0.4, 0.5) is 8.78 Å². The van der Waals surface area contributed by atoms with E-state index in [-0.39, 0.29) is 27.7 Å². The third-order valence-corrected chi connectivity index (χ3v) is 4.75. The molecule has 0 radical (unpaired) electrons. The SMILES string of the molecule is O=C(O)C1CC2C(C1)C2C(F)(F)c1cc(Cl)nc(Cl)c1. The number of aromatic nitrogens is 1. The van der Waals surface area contributed by atoms with Gasteiger partial charge in [0.1, 0.15) is 10.3 Å². The van der Waals surface area contributed by atoms with Gasteiger partial charge in [-0.3, -0.25) is 4.79 Å². The topological polar surface area (TPSA) is 50.2 Å². The number of halogens is 4. The molecule has 2 unspecified atom stereocenters. The highest BCUT2D eigenvalue weighted by Gasteiger charge is 2.67. The number of carboxylic acid groups (broad SMARTS) is 1. The highest BCUT2D eigenvalue weighted by Crippen LogP contribution is 2.67. The Balaban J connectivity index is 1.80. The summed E-state index contributed by atoms with van der Waals surface area (Å²) in [6.07, 6.45) is 0.652. The Morgan fingerprint density at radius 2 is 1.75 bits per heavy atom. The summed E-state index contributed by atoms with van der Waals surface area (Å²) in [5.74, 6) is -5.69. The normalized spacial score (nSPS) is 32.0. The molecular formula is C13H11Cl2F2NO2. The molecule has 7 heteroatoms. The van der Waals surface area contributed by atoms with E-state index in [0.717, 1.165) is 12.1 Å². The molecule has 1 aromatic rings. The maximum Gasteiger partial charge on any atom is 0.306 e. The third kappa shape index (κ3) is 2.17. The third-order valence-electron chi connectivity index (χ3n) is 4.36. The second kappa shape index (κ2) is 4.53. The Kier molecular flexibility index (Phi) is 3.18. The number of hydrogen-bond acceptors (Lipinski definition) is 2. The minimum absolute atomic E-state index is 0.0682. The fraction of sp³-hybridized carbons (Fsp3) is 0.538. The van der Waals surface area contributed by atoms with Crippen molar-refractivity contribution < 1.29 is 18.7 Å². The van der Waals surface area contributed by atoms with Gasteiger partial charge in [-0.05, 0) is 36.8 Å². The van der Waals surface area contributed by atoms with Crippen LogP contribution < -0.4 is 0 Å². The summed E-state index contributed by atoms with van der Waals surface area (Å²) in [6.45, 7) is 0. The zero-order chi connectivity index (χ0) is 14.7. The molecule has 2 fully saturated rings. The van der Waals surface area contributed by atoms with Gasteiger partial charge in [-0.1, -0.05) is 23.2 Å². The van der Waals surface area contributed by atoms with Crippen LogP contribution in [0, 0.1) is 23.7 Å². The van der Waals surface area contributed by atoms with Gasteiger partial charge >= 0.3 is 5.97 Å². The van der Waals surface area contributed by atoms with E-state index in [2.05, 4.69) is 4.98 Å². The number of aliphatic carboxylic acids is 1. The first-order chi connectivity index (χ1) is 9.30. The summed E-state index contributed by atoms with van der Waals surface area (Å²) in [6, 6.07) is 2.24. The molecule has 0 aliphatic heterocycles. The lowest BCUT2D eigenvalue weighted by atomic mass is 9.94. The molecule has 1 N–H and O–H groups in total. The number of carbonyl (C=O) groups is 1. The maximum absolute atomic E-state index is 14.5. The van der Waals surface area contributed by atoms with Crippen LogP contribution in [0.5, 0.6) is 0 Å². The van der Waals surface area contributed by atoms with Crippen molar-refractivity contribution in [1.29, 1.82) is 0 Å². The number of fused-ring (bicyclic) bond motifs is 1. The van der Waals surface area contributed by atoms with Crippen LogP contribution in [0.15, 0.2) is 12.1 Å². The lowest BCUT2D eigenvalue weighted by Gasteiger charge is -2.20. The molecule has 0 aromatic carbocycles. The summed E-state index contributed by atoms with van der Waals surface area (Å²) in [5, 5.41) is 8.76. The molecule has 1 heterocycles. The quantitative estimate of drug-likeness (QED) is 0.860. The van der Waals surface area contributed by atoms with Gasteiger partial charge in [0.25, 0.3) is 5.92 Å². The van der Waals surface area contributed by atoms with Gasteiger partial charge in [0.15, 0.2) is 0 Å². The zero-order valence-electron chi connectivity index (χ0n) is 10.2. The fourth-order valence-electron chi connectivity index (χ4n) is 3.43. The smallest absolute Gasteiger partial charge is 0.306 e. The van der Waals surface area contributed by atoms with Gasteiger partial charge in [0.2, 0.25) is 0 Å². The monoisotopic (exact) mass is 321 g/mol. The van der Waals surface area contributed by atoms with Crippen molar-refractivity contribution in [2.24, 2.45) is 23.7 Å². The first-order valence-corrected chi connectivity index (χ1v) is 7.00. The van der Waals surface area contributed by atoms with Crippen LogP contribution in [-0.2, 0) is 10.7 Å². The molecule has 2 aliphatic rings. The lowest BCUT2D eigenvalue weighted by molar-refractivity contribution is -0.142. The van der Waals surface area contributed by atoms with E-state index in [4.69, 9.17) is 28.3 Å². The van der Waals surface area contributed by atoms with Crippen LogP contribution in [0.25, 0.3) is 0 Å². The van der Waals surface area contributed by atoms with Crippen LogP contribution >= 0.6 is 23.2 Å². The Bertz CT molecular complexity index is 549. The summed E-state index contributed by atoms with van der Waals surface area (Å²) in [7, 11) is 0. The van der Waals surface area contributed by atoms with Crippen molar-refractivity contribution in [1.82, 2.24) is 4.98 Å². The maximum atomic E-state index is 14.5. The first kappa shape index (κ1) is 14.0. The zero-order valence-corrected chi connectivity index (χ0v) is 11.7. The van der Waals surface area contributed by atoms with E-state index in [9.17, 15) is 13.6 Å². The molecule has 0 spiro atoms. The average Bonchev–Trinajstić information content (AvgIpc) is 2.85. The van der Waals surface area contributed by atoms with Crippen molar-refractivity contribution >= 4 is 29.2 Å². The first-order valence-electron chi connectivity index (χ1n) is 6.25. The number of nitrogens with zero attached hydrogens (tertiary/aromatic N) is 1. The summed E-state index contributed by atoms with van der Waals surface area (Å²) >= 11 is 11.3. The molecule has 2 atom stereocenters. The molecule has 20 heavy (non-hydrogen) atoms. The molecule has 0 amide bonds. The van der Waals surface area contributed by atoms with Crippen LogP contribution in [0.2, 0.25) is 10.3 Å². The Morgan fingerprint density at radius 3 is 2.20 bits per heavy atom. The second-order valence-corrected chi connectivity index (χ2v) is 6.26. The van der Waals surface area contributed by atoms with E-state index >= 15 is 0 Å². The van der Waals surface area contributed by atoms with Crippen molar-refractivity contribution in [3.63, 3.8) is 0 Å². The van der Waals surface area contributed by atoms with Crippen molar-refractivity contribution in [3.8, 4) is 0 Å². The number of rotatable bonds is 3. The van der Waals surface area contributed by atoms with Crippen LogP contribution in [-0.4, -0.2) is 16.1 Å². The molecular weight excluding hydrogens is 311 g/mol. The highest BCUT2D eigenvalue weighted by atomic mass is 35.5. The summed E-state index contributed by atoms with van der Waals surface area (Å²) < 4.78 is 28.9. The van der Waals surface area contributed by atoms with Crippen molar-refractivity contribution in [2.75, 3.05) is 0 Å². The highest BCUT2D eigenvalue weighted by molar-refractivity contribution is 6.32. The Labute approximate surface area is 123 Å². The number of alkyl halides is 2. The summed E-state index contributed by atoms with van der Waals surface area (Å²) in [5.41, 5.74) is -0.242. The Morgan fingerprint density at radius 1 is 1.25 bits per heavy atom. The number of pyridine rings is 1.